The number of nitrogens with one attached hydrogen (secondary N) is 1. The summed E-state index contributed by atoms with van der Waals surface area (Å²) in [6.45, 7) is 0. The topological polar surface area (TPSA) is 136 Å². The average Bonchev–Trinajstić information content (AvgIpc) is 2.54. The highest BCUT2D eigenvalue weighted by Crippen LogP contribution is 2.14. The lowest BCUT2D eigenvalue weighted by Crippen LogP contribution is -1.96. The van der Waals surface area contributed by atoms with Crippen LogP contribution in [0.5, 0.6) is 0 Å². The monoisotopic (exact) mass is 384 g/mol. The number of carboxylic acids is 1. The Labute approximate surface area is 149 Å². The first kappa shape index (κ1) is 20.6. The predicted octanol–water partition coefficient (Wildman–Crippen LogP) is 2.90. The number of carbonyl (C=O) groups is 1. The molecular weight excluding hydrogens is 368 g/mol. The number of anilines is 1. The second-order valence-corrected chi connectivity index (χ2v) is 6.25. The molecule has 0 unspecified atom stereocenters. The van der Waals surface area contributed by atoms with Crippen molar-refractivity contribution in [3.63, 3.8) is 0 Å². The van der Waals surface area contributed by atoms with E-state index in [4.69, 9.17) is 22.6 Å². The van der Waals surface area contributed by atoms with E-state index in [0.29, 0.717) is 0 Å². The maximum absolute atomic E-state index is 10.7. The third kappa shape index (κ3) is 9.47. The Hall–Kier alpha value is -2.40. The Balaban J connectivity index is 0.000000550. The minimum Gasteiger partial charge on any atom is -0.478 e. The summed E-state index contributed by atoms with van der Waals surface area (Å²) in [4.78, 5) is 11.9. The SMILES string of the molecule is CSc1ccc(C=NNc2ccc(C(=O)O)cc2)cc1.O=S(=O)(O)O. The highest BCUT2D eigenvalue weighted by Gasteiger charge is 2.00. The highest BCUT2D eigenvalue weighted by molar-refractivity contribution is 7.98. The summed E-state index contributed by atoms with van der Waals surface area (Å²) in [5, 5.41) is 12.9. The van der Waals surface area contributed by atoms with Crippen molar-refractivity contribution in [2.24, 2.45) is 5.10 Å². The third-order valence-electron chi connectivity index (χ3n) is 2.65. The summed E-state index contributed by atoms with van der Waals surface area (Å²) in [5.41, 5.74) is 4.86. The summed E-state index contributed by atoms with van der Waals surface area (Å²) in [6, 6.07) is 14.5. The van der Waals surface area contributed by atoms with E-state index in [1.165, 1.54) is 17.0 Å². The van der Waals surface area contributed by atoms with Crippen LogP contribution < -0.4 is 5.43 Å². The van der Waals surface area contributed by atoms with Gasteiger partial charge in [0.05, 0.1) is 17.5 Å². The molecule has 2 aromatic carbocycles. The summed E-state index contributed by atoms with van der Waals surface area (Å²) in [5.74, 6) is -0.936. The van der Waals surface area contributed by atoms with E-state index in [1.54, 1.807) is 30.1 Å². The normalized spacial score (nSPS) is 10.8. The van der Waals surface area contributed by atoms with Gasteiger partial charge in [0, 0.05) is 4.90 Å². The summed E-state index contributed by atoms with van der Waals surface area (Å²) < 4.78 is 31.6. The molecule has 0 amide bonds. The van der Waals surface area contributed by atoms with E-state index in [2.05, 4.69) is 10.5 Å². The standard InChI is InChI=1S/C15H14N2O2S.H2O4S/c1-20-14-8-2-11(3-9-14)10-16-17-13-6-4-12(5-7-13)15(18)19;1-5(2,3)4/h2-10,17H,1H3,(H,18,19);(H2,1,2,3,4). The Morgan fingerprint density at radius 1 is 1.08 bits per heavy atom. The molecule has 0 fully saturated rings. The van der Waals surface area contributed by atoms with Crippen molar-refractivity contribution in [3.8, 4) is 0 Å². The van der Waals surface area contributed by atoms with Crippen molar-refractivity contribution < 1.29 is 27.4 Å². The zero-order valence-electron chi connectivity index (χ0n) is 13.0. The molecule has 0 spiro atoms. The molecule has 8 nitrogen and oxygen atoms in total. The van der Waals surface area contributed by atoms with Gasteiger partial charge in [-0.15, -0.1) is 11.8 Å². The molecular formula is C15H16N2O6S2. The number of hydrazone groups is 1. The van der Waals surface area contributed by atoms with Gasteiger partial charge in [-0.25, -0.2) is 4.79 Å². The Morgan fingerprint density at radius 2 is 1.60 bits per heavy atom. The molecule has 134 valence electrons. The van der Waals surface area contributed by atoms with Crippen LogP contribution in [0.25, 0.3) is 0 Å². The first-order valence-corrected chi connectivity index (χ1v) is 9.27. The minimum atomic E-state index is -4.67. The highest BCUT2D eigenvalue weighted by atomic mass is 32.3. The largest absolute Gasteiger partial charge is 0.478 e. The number of hydrogen-bond acceptors (Lipinski definition) is 6. The molecule has 0 heterocycles. The van der Waals surface area contributed by atoms with Crippen LogP contribution in [0.15, 0.2) is 58.5 Å². The van der Waals surface area contributed by atoms with Crippen molar-refractivity contribution >= 4 is 40.0 Å². The van der Waals surface area contributed by atoms with Crippen molar-refractivity contribution in [3.05, 3.63) is 59.7 Å². The number of nitrogens with zero attached hydrogens (tertiary/aromatic N) is 1. The second kappa shape index (κ2) is 9.79. The lowest BCUT2D eigenvalue weighted by molar-refractivity contribution is 0.0697. The van der Waals surface area contributed by atoms with Gasteiger partial charge in [0.2, 0.25) is 0 Å². The van der Waals surface area contributed by atoms with Crippen LogP contribution in [0.2, 0.25) is 0 Å². The molecule has 10 heteroatoms. The zero-order valence-corrected chi connectivity index (χ0v) is 14.7. The molecule has 2 rings (SSSR count). The molecule has 0 aliphatic heterocycles. The van der Waals surface area contributed by atoms with E-state index in [0.717, 1.165) is 11.3 Å². The summed E-state index contributed by atoms with van der Waals surface area (Å²) in [7, 11) is -4.67. The van der Waals surface area contributed by atoms with E-state index in [9.17, 15) is 4.79 Å². The molecule has 0 aromatic heterocycles. The quantitative estimate of drug-likeness (QED) is 0.267. The smallest absolute Gasteiger partial charge is 0.394 e. The minimum absolute atomic E-state index is 0.257. The van der Waals surface area contributed by atoms with E-state index < -0.39 is 16.4 Å². The maximum atomic E-state index is 10.7. The predicted molar refractivity (Wildman–Crippen MR) is 97.0 cm³/mol. The lowest BCUT2D eigenvalue weighted by atomic mass is 10.2. The Kier molecular flexibility index (Phi) is 8.08. The van der Waals surface area contributed by atoms with Crippen molar-refractivity contribution in [2.75, 3.05) is 11.7 Å². The molecule has 2 aromatic rings. The summed E-state index contributed by atoms with van der Waals surface area (Å²) in [6.07, 6.45) is 3.75. The Bertz CT molecular complexity index is 810. The lowest BCUT2D eigenvalue weighted by Gasteiger charge is -2.01. The second-order valence-electron chi connectivity index (χ2n) is 4.47. The van der Waals surface area contributed by atoms with Gasteiger partial charge < -0.3 is 5.11 Å². The number of aromatic carboxylic acids is 1. The fraction of sp³-hybridized carbons (Fsp3) is 0.0667. The van der Waals surface area contributed by atoms with Gasteiger partial charge in [-0.3, -0.25) is 14.5 Å². The Morgan fingerprint density at radius 3 is 2.04 bits per heavy atom. The van der Waals surface area contributed by atoms with Crippen molar-refractivity contribution in [1.82, 2.24) is 0 Å². The van der Waals surface area contributed by atoms with Crippen LogP contribution in [0, 0.1) is 0 Å². The average molecular weight is 384 g/mol. The van der Waals surface area contributed by atoms with Gasteiger partial charge >= 0.3 is 16.4 Å². The van der Waals surface area contributed by atoms with Crippen LogP contribution in [-0.2, 0) is 10.4 Å². The van der Waals surface area contributed by atoms with Crippen LogP contribution in [0.4, 0.5) is 5.69 Å². The molecule has 0 radical (unpaired) electrons. The molecule has 0 aliphatic carbocycles. The van der Waals surface area contributed by atoms with E-state index in [1.807, 2.05) is 30.5 Å². The number of benzene rings is 2. The van der Waals surface area contributed by atoms with Crippen LogP contribution in [0.1, 0.15) is 15.9 Å². The van der Waals surface area contributed by atoms with Crippen LogP contribution >= 0.6 is 11.8 Å². The number of thioether (sulfide) groups is 1. The van der Waals surface area contributed by atoms with Gasteiger partial charge in [0.15, 0.2) is 0 Å². The van der Waals surface area contributed by atoms with Gasteiger partial charge in [-0.1, -0.05) is 12.1 Å². The molecule has 0 aliphatic rings. The molecule has 25 heavy (non-hydrogen) atoms. The number of carboxylic acid groups (broad SMARTS) is 1. The number of rotatable bonds is 5. The van der Waals surface area contributed by atoms with Crippen molar-refractivity contribution in [1.29, 1.82) is 0 Å². The fourth-order valence-corrected chi connectivity index (χ4v) is 1.97. The molecule has 0 saturated carbocycles. The van der Waals surface area contributed by atoms with Crippen LogP contribution in [-0.4, -0.2) is 41.1 Å². The first-order chi connectivity index (χ1) is 11.7. The molecule has 0 bridgehead atoms. The van der Waals surface area contributed by atoms with Gasteiger partial charge in [-0.2, -0.15) is 13.5 Å². The van der Waals surface area contributed by atoms with Gasteiger partial charge in [0.25, 0.3) is 0 Å². The van der Waals surface area contributed by atoms with Gasteiger partial charge in [-0.05, 0) is 48.2 Å². The molecule has 0 atom stereocenters. The van der Waals surface area contributed by atoms with E-state index >= 15 is 0 Å². The van der Waals surface area contributed by atoms with Crippen LogP contribution in [0.3, 0.4) is 0 Å². The molecule has 4 N–H and O–H groups in total. The molecule has 0 saturated heterocycles. The maximum Gasteiger partial charge on any atom is 0.394 e. The van der Waals surface area contributed by atoms with E-state index in [-0.39, 0.29) is 5.56 Å². The zero-order chi connectivity index (χ0) is 18.9. The first-order valence-electron chi connectivity index (χ1n) is 6.65. The van der Waals surface area contributed by atoms with Crippen molar-refractivity contribution in [2.45, 2.75) is 4.90 Å². The fourth-order valence-electron chi connectivity index (χ4n) is 1.56. The third-order valence-corrected chi connectivity index (χ3v) is 3.40. The summed E-state index contributed by atoms with van der Waals surface area (Å²) >= 11 is 1.69. The van der Waals surface area contributed by atoms with Gasteiger partial charge in [0.1, 0.15) is 0 Å². The number of hydrogen-bond donors (Lipinski definition) is 4.